The molecule has 0 amide bonds. The third kappa shape index (κ3) is 5.32. The Morgan fingerprint density at radius 1 is 0.729 bits per heavy atom. The van der Waals surface area contributed by atoms with E-state index in [-0.39, 0.29) is 5.75 Å². The zero-order valence-corrected chi connectivity index (χ0v) is 29.6. The summed E-state index contributed by atoms with van der Waals surface area (Å²) in [7, 11) is 2.18. The summed E-state index contributed by atoms with van der Waals surface area (Å²) in [4.78, 5) is 4.89. The molecule has 5 aromatic carbocycles. The van der Waals surface area contributed by atoms with Crippen molar-refractivity contribution in [3.05, 3.63) is 131 Å². The predicted molar refractivity (Wildman–Crippen MR) is 201 cm³/mol. The van der Waals surface area contributed by atoms with E-state index in [1.807, 2.05) is 30.3 Å². The minimum absolute atomic E-state index is 0.249. The van der Waals surface area contributed by atoms with Crippen molar-refractivity contribution >= 4 is 22.4 Å². The van der Waals surface area contributed by atoms with Crippen molar-refractivity contribution in [3.63, 3.8) is 0 Å². The lowest BCUT2D eigenvalue weighted by Crippen LogP contribution is -2.31. The maximum atomic E-state index is 11.5. The molecule has 4 nitrogen and oxygen atoms in total. The maximum Gasteiger partial charge on any atom is 0.295 e. The monoisotopic (exact) mass is 648 g/mol. The maximum absolute atomic E-state index is 11.5. The molecule has 0 unspecified atom stereocenters. The van der Waals surface area contributed by atoms with Gasteiger partial charge in [-0.3, -0.25) is 0 Å². The van der Waals surface area contributed by atoms with E-state index in [2.05, 4.69) is 136 Å². The summed E-state index contributed by atoms with van der Waals surface area (Å²) >= 11 is 1.59. The molecule has 5 heteroatoms. The van der Waals surface area contributed by atoms with Gasteiger partial charge in [-0.2, -0.15) is 4.57 Å². The lowest BCUT2D eigenvalue weighted by Gasteiger charge is -2.20. The van der Waals surface area contributed by atoms with Gasteiger partial charge in [0, 0.05) is 33.2 Å². The molecule has 48 heavy (non-hydrogen) atoms. The van der Waals surface area contributed by atoms with E-state index in [1.54, 1.807) is 11.3 Å². The van der Waals surface area contributed by atoms with Crippen LogP contribution < -0.4 is 4.57 Å². The van der Waals surface area contributed by atoms with Crippen LogP contribution >= 0.6 is 11.3 Å². The van der Waals surface area contributed by atoms with Crippen LogP contribution in [0.25, 0.3) is 61.1 Å². The van der Waals surface area contributed by atoms with Crippen molar-refractivity contribution in [2.75, 3.05) is 0 Å². The fourth-order valence-electron chi connectivity index (χ4n) is 7.11. The molecule has 1 N–H and O–H groups in total. The van der Waals surface area contributed by atoms with Gasteiger partial charge in [-0.15, -0.1) is 11.3 Å². The Bertz CT molecular complexity index is 2270. The summed E-state index contributed by atoms with van der Waals surface area (Å²) in [5, 5.41) is 14.5. The average molecular weight is 649 g/mol. The second kappa shape index (κ2) is 12.6. The number of para-hydroxylation sites is 3. The molecule has 0 saturated heterocycles. The number of phenols is 1. The number of benzene rings is 5. The van der Waals surface area contributed by atoms with Gasteiger partial charge >= 0.3 is 0 Å². The second-order valence-corrected chi connectivity index (χ2v) is 14.2. The van der Waals surface area contributed by atoms with Crippen LogP contribution in [0.2, 0.25) is 0 Å². The smallest absolute Gasteiger partial charge is 0.295 e. The summed E-state index contributed by atoms with van der Waals surface area (Å²) in [5.74, 6) is 2.08. The lowest BCUT2D eigenvalue weighted by molar-refractivity contribution is -0.633. The van der Waals surface area contributed by atoms with Gasteiger partial charge < -0.3 is 5.11 Å². The van der Waals surface area contributed by atoms with Crippen molar-refractivity contribution in [1.82, 2.24) is 9.55 Å². The van der Waals surface area contributed by atoms with Crippen LogP contribution in [0.4, 0.5) is 0 Å². The Kier molecular flexibility index (Phi) is 8.26. The van der Waals surface area contributed by atoms with Crippen molar-refractivity contribution in [2.45, 2.75) is 53.4 Å². The number of aromatic nitrogens is 3. The molecular weight excluding hydrogens is 607 g/mol. The number of aryl methyl sites for hydroxylation is 2. The normalized spacial score (nSPS) is 11.7. The van der Waals surface area contributed by atoms with Gasteiger partial charge in [0.2, 0.25) is 0 Å². The number of phenolic OH excluding ortho intramolecular Hbond substituents is 1. The fourth-order valence-corrected chi connectivity index (χ4v) is 7.94. The molecule has 0 radical (unpaired) electrons. The number of rotatable bonds is 7. The SMILES string of the molecule is Cc1ccc(-c2ccc(-c3nc(-c4ccccc4)cs3)cc2O)c(C)c1-c1n(-c2c(C(C)C)cccc2C(C)C)c2ccccc2[n+]1C. The zero-order chi connectivity index (χ0) is 33.7. The molecule has 0 aliphatic rings. The molecule has 7 aromatic rings. The molecule has 0 fully saturated rings. The summed E-state index contributed by atoms with van der Waals surface area (Å²) in [5.41, 5.74) is 14.6. The molecule has 0 bridgehead atoms. The molecule has 0 spiro atoms. The number of fused-ring (bicyclic) bond motifs is 1. The van der Waals surface area contributed by atoms with Crippen molar-refractivity contribution in [3.8, 4) is 55.8 Å². The highest BCUT2D eigenvalue weighted by molar-refractivity contribution is 7.13. The van der Waals surface area contributed by atoms with Crippen LogP contribution in [-0.2, 0) is 7.05 Å². The first-order valence-electron chi connectivity index (χ1n) is 16.7. The summed E-state index contributed by atoms with van der Waals surface area (Å²) < 4.78 is 4.83. The van der Waals surface area contributed by atoms with Gasteiger partial charge in [0.15, 0.2) is 11.0 Å². The standard InChI is InChI=1S/C43H41N3OS/c1-26(2)32-16-13-17-33(27(3)4)41(32)46-38-19-12-11-18-37(38)45(7)43(46)40-28(5)20-22-34(29(40)6)35-23-21-31(24-39(35)47)42-44-36(25-48-42)30-14-9-8-10-15-30/h8-27H,1-7H3/p+1. The van der Waals surface area contributed by atoms with Gasteiger partial charge in [0.05, 0.1) is 18.3 Å². The van der Waals surface area contributed by atoms with Gasteiger partial charge in [-0.05, 0) is 66.6 Å². The highest BCUT2D eigenvalue weighted by Crippen LogP contribution is 2.42. The fraction of sp³-hybridized carbons (Fsp3) is 0.209. The Balaban J connectivity index is 1.41. The number of hydrogen-bond acceptors (Lipinski definition) is 3. The molecule has 7 rings (SSSR count). The van der Waals surface area contributed by atoms with Crippen molar-refractivity contribution in [2.24, 2.45) is 7.05 Å². The van der Waals surface area contributed by atoms with Crippen LogP contribution in [0.3, 0.4) is 0 Å². The Labute approximate surface area is 287 Å². The number of hydrogen-bond donors (Lipinski definition) is 1. The first-order chi connectivity index (χ1) is 23.2. The molecular formula is C43H42N3OS+. The van der Waals surface area contributed by atoms with E-state index in [4.69, 9.17) is 4.98 Å². The van der Waals surface area contributed by atoms with Crippen LogP contribution in [0.1, 0.15) is 61.8 Å². The van der Waals surface area contributed by atoms with E-state index in [9.17, 15) is 5.11 Å². The Hall–Kier alpha value is -5.00. The van der Waals surface area contributed by atoms with Crippen LogP contribution in [0.15, 0.2) is 109 Å². The van der Waals surface area contributed by atoms with Gasteiger partial charge in [-0.1, -0.05) is 107 Å². The number of thiazole rings is 1. The van der Waals surface area contributed by atoms with Gasteiger partial charge in [0.1, 0.15) is 16.4 Å². The number of aromatic hydroxyl groups is 1. The first-order valence-corrected chi connectivity index (χ1v) is 17.6. The highest BCUT2D eigenvalue weighted by atomic mass is 32.1. The van der Waals surface area contributed by atoms with Crippen LogP contribution in [0.5, 0.6) is 5.75 Å². The molecule has 240 valence electrons. The molecule has 0 aliphatic heterocycles. The second-order valence-electron chi connectivity index (χ2n) is 13.4. The lowest BCUT2D eigenvalue weighted by atomic mass is 9.90. The van der Waals surface area contributed by atoms with Crippen LogP contribution in [-0.4, -0.2) is 14.7 Å². The third-order valence-electron chi connectivity index (χ3n) is 9.59. The van der Waals surface area contributed by atoms with Gasteiger partial charge in [0.25, 0.3) is 5.82 Å². The Morgan fingerprint density at radius 3 is 2.08 bits per heavy atom. The van der Waals surface area contributed by atoms with E-state index >= 15 is 0 Å². The average Bonchev–Trinajstić information content (AvgIpc) is 3.69. The summed E-state index contributed by atoms with van der Waals surface area (Å²) in [6.45, 7) is 13.5. The van der Waals surface area contributed by atoms with E-state index in [0.717, 1.165) is 44.3 Å². The highest BCUT2D eigenvalue weighted by Gasteiger charge is 2.32. The minimum atomic E-state index is 0.249. The zero-order valence-electron chi connectivity index (χ0n) is 28.7. The van der Waals surface area contributed by atoms with Gasteiger partial charge in [-0.25, -0.2) is 9.55 Å². The number of nitrogens with zero attached hydrogens (tertiary/aromatic N) is 3. The van der Waals surface area contributed by atoms with E-state index in [1.165, 1.54) is 39.0 Å². The molecule has 0 atom stereocenters. The topological polar surface area (TPSA) is 41.9 Å². The molecule has 0 aliphatic carbocycles. The quantitative estimate of drug-likeness (QED) is 0.175. The molecule has 2 heterocycles. The van der Waals surface area contributed by atoms with Crippen molar-refractivity contribution in [1.29, 1.82) is 0 Å². The number of imidazole rings is 1. The molecule has 2 aromatic heterocycles. The summed E-state index contributed by atoms with van der Waals surface area (Å²) in [6.07, 6.45) is 0. The third-order valence-corrected chi connectivity index (χ3v) is 10.5. The summed E-state index contributed by atoms with van der Waals surface area (Å²) in [6, 6.07) is 36.0. The Morgan fingerprint density at radius 2 is 1.40 bits per heavy atom. The first kappa shape index (κ1) is 31.6. The molecule has 0 saturated carbocycles. The van der Waals surface area contributed by atoms with Crippen LogP contribution in [0, 0.1) is 13.8 Å². The van der Waals surface area contributed by atoms with Crippen molar-refractivity contribution < 1.29 is 9.67 Å². The van der Waals surface area contributed by atoms with E-state index < -0.39 is 0 Å². The minimum Gasteiger partial charge on any atom is -0.507 e. The largest absolute Gasteiger partial charge is 0.507 e. The predicted octanol–water partition coefficient (Wildman–Crippen LogP) is 11.1. The van der Waals surface area contributed by atoms with E-state index in [0.29, 0.717) is 11.8 Å².